The first-order valence-corrected chi connectivity index (χ1v) is 3.53. The van der Waals surface area contributed by atoms with E-state index in [2.05, 4.69) is 0 Å². The number of hydrogen-bond acceptors (Lipinski definition) is 2. The minimum absolute atomic E-state index is 0.397. The molecule has 0 spiro atoms. The van der Waals surface area contributed by atoms with Crippen LogP contribution in [0.1, 0.15) is 12.8 Å². The van der Waals surface area contributed by atoms with E-state index in [-0.39, 0.29) is 0 Å². The average Bonchev–Trinajstić information content (AvgIpc) is 1.81. The first kappa shape index (κ1) is 8.24. The summed E-state index contributed by atoms with van der Waals surface area (Å²) in [6.07, 6.45) is 1.88. The zero-order chi connectivity index (χ0) is 6.24. The van der Waals surface area contributed by atoms with Gasteiger partial charge in [0, 0.05) is 31.6 Å². The second-order valence-electron chi connectivity index (χ2n) is 1.51. The standard InChI is InChI=1S/C5H11FOS/c1-7-4-2-3-5-8-6/h2-5H2,1H3. The Bertz CT molecular complexity index is 37.4. The molecule has 3 heteroatoms. The summed E-state index contributed by atoms with van der Waals surface area (Å²) in [7, 11) is 1.66. The highest BCUT2D eigenvalue weighted by molar-refractivity contribution is 7.94. The molecule has 0 aliphatic carbocycles. The van der Waals surface area contributed by atoms with Crippen molar-refractivity contribution in [3.63, 3.8) is 0 Å². The Morgan fingerprint density at radius 1 is 1.50 bits per heavy atom. The number of hydrogen-bond donors (Lipinski definition) is 0. The Morgan fingerprint density at radius 2 is 2.25 bits per heavy atom. The fourth-order valence-corrected chi connectivity index (χ4v) is 0.716. The van der Waals surface area contributed by atoms with Crippen molar-refractivity contribution in [1.82, 2.24) is 0 Å². The second kappa shape index (κ2) is 7.24. The van der Waals surface area contributed by atoms with E-state index in [4.69, 9.17) is 4.74 Å². The van der Waals surface area contributed by atoms with Crippen LogP contribution in [0.15, 0.2) is 0 Å². The van der Waals surface area contributed by atoms with Gasteiger partial charge in [-0.15, -0.1) is 0 Å². The predicted octanol–water partition coefficient (Wildman–Crippen LogP) is 2.03. The molecule has 8 heavy (non-hydrogen) atoms. The molecule has 0 fully saturated rings. The number of unbranched alkanes of at least 4 members (excludes halogenated alkanes) is 1. The Labute approximate surface area is 53.9 Å². The fourth-order valence-electron chi connectivity index (χ4n) is 0.403. The van der Waals surface area contributed by atoms with Gasteiger partial charge in [0.25, 0.3) is 0 Å². The van der Waals surface area contributed by atoms with Crippen molar-refractivity contribution in [2.45, 2.75) is 12.8 Å². The van der Waals surface area contributed by atoms with Gasteiger partial charge in [0.15, 0.2) is 0 Å². The first-order chi connectivity index (χ1) is 3.91. The van der Waals surface area contributed by atoms with Crippen LogP contribution in [-0.4, -0.2) is 19.5 Å². The normalized spacial score (nSPS) is 9.75. The highest BCUT2D eigenvalue weighted by Gasteiger charge is 1.85. The van der Waals surface area contributed by atoms with Crippen LogP contribution in [0.3, 0.4) is 0 Å². The lowest BCUT2D eigenvalue weighted by atomic mass is 10.4. The maximum atomic E-state index is 11.3. The van der Waals surface area contributed by atoms with E-state index in [1.807, 2.05) is 0 Å². The van der Waals surface area contributed by atoms with Crippen molar-refractivity contribution in [3.8, 4) is 0 Å². The molecule has 0 unspecified atom stereocenters. The average molecular weight is 138 g/mol. The number of methoxy groups -OCH3 is 1. The van der Waals surface area contributed by atoms with E-state index in [1.165, 1.54) is 0 Å². The van der Waals surface area contributed by atoms with Crippen LogP contribution >= 0.6 is 12.1 Å². The first-order valence-electron chi connectivity index (χ1n) is 2.64. The van der Waals surface area contributed by atoms with Crippen molar-refractivity contribution >= 4 is 12.1 Å². The largest absolute Gasteiger partial charge is 0.385 e. The Balaban J connectivity index is 2.53. The third-order valence-electron chi connectivity index (χ3n) is 0.820. The molecule has 0 saturated heterocycles. The molecule has 50 valence electrons. The maximum absolute atomic E-state index is 11.3. The second-order valence-corrected chi connectivity index (χ2v) is 2.14. The molecule has 0 aromatic rings. The van der Waals surface area contributed by atoms with Gasteiger partial charge in [0.05, 0.1) is 0 Å². The third kappa shape index (κ3) is 6.24. The van der Waals surface area contributed by atoms with Crippen molar-refractivity contribution in [3.05, 3.63) is 0 Å². The lowest BCUT2D eigenvalue weighted by Gasteiger charge is -1.93. The molecule has 0 bridgehead atoms. The maximum Gasteiger partial charge on any atom is 0.0462 e. The van der Waals surface area contributed by atoms with Crippen molar-refractivity contribution in [1.29, 1.82) is 0 Å². The van der Waals surface area contributed by atoms with Crippen molar-refractivity contribution < 1.29 is 8.62 Å². The van der Waals surface area contributed by atoms with Gasteiger partial charge >= 0.3 is 0 Å². The molecule has 1 nitrogen and oxygen atoms in total. The van der Waals surface area contributed by atoms with Crippen LogP contribution in [0.4, 0.5) is 3.89 Å². The highest BCUT2D eigenvalue weighted by Crippen LogP contribution is 2.03. The topological polar surface area (TPSA) is 9.23 Å². The summed E-state index contributed by atoms with van der Waals surface area (Å²) in [5, 5.41) is 0. The van der Waals surface area contributed by atoms with E-state index in [0.29, 0.717) is 17.9 Å². The summed E-state index contributed by atoms with van der Waals surface area (Å²) in [6, 6.07) is 0. The van der Waals surface area contributed by atoms with Gasteiger partial charge in [-0.25, -0.2) is 0 Å². The summed E-state index contributed by atoms with van der Waals surface area (Å²) in [5.41, 5.74) is 0. The monoisotopic (exact) mass is 138 g/mol. The molecule has 0 aliphatic rings. The SMILES string of the molecule is COCCCCSF. The van der Waals surface area contributed by atoms with Gasteiger partial charge in [0.1, 0.15) is 0 Å². The molecule has 0 saturated carbocycles. The number of rotatable bonds is 5. The van der Waals surface area contributed by atoms with Crippen LogP contribution in [0.5, 0.6) is 0 Å². The predicted molar refractivity (Wildman–Crippen MR) is 34.7 cm³/mol. The van der Waals surface area contributed by atoms with E-state index >= 15 is 0 Å². The molecular formula is C5H11FOS. The molecule has 0 aromatic heterocycles. The lowest BCUT2D eigenvalue weighted by Crippen LogP contribution is -1.88. The van der Waals surface area contributed by atoms with Gasteiger partial charge in [-0.2, -0.15) is 3.89 Å². The number of halogens is 1. The van der Waals surface area contributed by atoms with Crippen LogP contribution in [0.25, 0.3) is 0 Å². The van der Waals surface area contributed by atoms with E-state index in [9.17, 15) is 3.89 Å². The molecule has 0 rings (SSSR count). The van der Waals surface area contributed by atoms with Crippen LogP contribution in [-0.2, 0) is 4.74 Å². The highest BCUT2D eigenvalue weighted by atomic mass is 32.2. The molecule has 0 atom stereocenters. The van der Waals surface area contributed by atoms with Gasteiger partial charge in [0.2, 0.25) is 0 Å². The van der Waals surface area contributed by atoms with Gasteiger partial charge in [-0.3, -0.25) is 0 Å². The minimum Gasteiger partial charge on any atom is -0.385 e. The van der Waals surface area contributed by atoms with Gasteiger partial charge in [-0.1, -0.05) is 0 Å². The zero-order valence-electron chi connectivity index (χ0n) is 5.02. The quantitative estimate of drug-likeness (QED) is 0.537. The van der Waals surface area contributed by atoms with Crippen LogP contribution in [0, 0.1) is 0 Å². The molecule has 0 heterocycles. The summed E-state index contributed by atoms with van der Waals surface area (Å²) in [4.78, 5) is 0. The summed E-state index contributed by atoms with van der Waals surface area (Å²) in [6.45, 7) is 0.751. The summed E-state index contributed by atoms with van der Waals surface area (Å²) < 4.78 is 16.1. The Kier molecular flexibility index (Phi) is 7.46. The van der Waals surface area contributed by atoms with Crippen LogP contribution in [0.2, 0.25) is 0 Å². The lowest BCUT2D eigenvalue weighted by molar-refractivity contribution is 0.194. The van der Waals surface area contributed by atoms with Gasteiger partial charge < -0.3 is 4.74 Å². The third-order valence-corrected chi connectivity index (χ3v) is 1.26. The molecule has 0 amide bonds. The van der Waals surface area contributed by atoms with Gasteiger partial charge in [-0.05, 0) is 12.8 Å². The fraction of sp³-hybridized carbons (Fsp3) is 1.00. The number of ether oxygens (including phenoxy) is 1. The van der Waals surface area contributed by atoms with Crippen LogP contribution < -0.4 is 0 Å². The molecule has 0 N–H and O–H groups in total. The Morgan fingerprint density at radius 3 is 2.75 bits per heavy atom. The van der Waals surface area contributed by atoms with E-state index in [0.717, 1.165) is 19.4 Å². The molecule has 0 aliphatic heterocycles. The minimum atomic E-state index is 0.397. The van der Waals surface area contributed by atoms with Crippen molar-refractivity contribution in [2.75, 3.05) is 19.5 Å². The summed E-state index contributed by atoms with van der Waals surface area (Å²) >= 11 is 0.397. The smallest absolute Gasteiger partial charge is 0.0462 e. The molecule has 0 radical (unpaired) electrons. The summed E-state index contributed by atoms with van der Waals surface area (Å²) in [5.74, 6) is 0.601. The molecular weight excluding hydrogens is 127 g/mol. The molecule has 0 aromatic carbocycles. The zero-order valence-corrected chi connectivity index (χ0v) is 5.84. The Hall–Kier alpha value is 0.240. The van der Waals surface area contributed by atoms with E-state index in [1.54, 1.807) is 7.11 Å². The van der Waals surface area contributed by atoms with E-state index < -0.39 is 0 Å². The van der Waals surface area contributed by atoms with Crippen molar-refractivity contribution in [2.24, 2.45) is 0 Å².